The molecule has 0 unspecified atom stereocenters. The molecule has 1 aromatic rings. The first-order valence-electron chi connectivity index (χ1n) is 5.23. The summed E-state index contributed by atoms with van der Waals surface area (Å²) in [6, 6.07) is 4.85. The van der Waals surface area contributed by atoms with Crippen molar-refractivity contribution in [2.45, 2.75) is 18.8 Å². The maximum Gasteiger partial charge on any atom is 0.335 e. The van der Waals surface area contributed by atoms with Gasteiger partial charge in [-0.25, -0.2) is 4.79 Å². The average molecular weight is 219 g/mol. The molecule has 1 aliphatic rings. The van der Waals surface area contributed by atoms with Crippen molar-refractivity contribution in [3.05, 3.63) is 34.9 Å². The van der Waals surface area contributed by atoms with Crippen LogP contribution in [0, 0.1) is 0 Å². The quantitative estimate of drug-likeness (QED) is 0.811. The van der Waals surface area contributed by atoms with E-state index < -0.39 is 5.97 Å². The Bertz CT molecular complexity index is 450. The predicted molar refractivity (Wildman–Crippen MR) is 58.8 cm³/mol. The zero-order valence-electron chi connectivity index (χ0n) is 8.99. The van der Waals surface area contributed by atoms with Gasteiger partial charge in [-0.15, -0.1) is 0 Å². The summed E-state index contributed by atoms with van der Waals surface area (Å²) in [5.41, 5.74) is 1.43. The Hall–Kier alpha value is -1.84. The summed E-state index contributed by atoms with van der Waals surface area (Å²) in [4.78, 5) is 22.7. The molecule has 1 saturated carbocycles. The van der Waals surface area contributed by atoms with Crippen LogP contribution in [0.25, 0.3) is 0 Å². The van der Waals surface area contributed by atoms with Gasteiger partial charge < -0.3 is 10.4 Å². The predicted octanol–water partition coefficient (Wildman–Crippen LogP) is 1.62. The number of carboxylic acids is 1. The monoisotopic (exact) mass is 219 g/mol. The second-order valence-corrected chi connectivity index (χ2v) is 3.93. The van der Waals surface area contributed by atoms with E-state index >= 15 is 0 Å². The van der Waals surface area contributed by atoms with Crippen LogP contribution in [-0.4, -0.2) is 24.0 Å². The fraction of sp³-hybridized carbons (Fsp3) is 0.333. The maximum absolute atomic E-state index is 11.6. The van der Waals surface area contributed by atoms with Crippen LogP contribution in [0.3, 0.4) is 0 Å². The molecule has 0 aliphatic heterocycles. The summed E-state index contributed by atoms with van der Waals surface area (Å²) < 4.78 is 0. The Morgan fingerprint density at radius 3 is 2.44 bits per heavy atom. The molecule has 1 aromatic carbocycles. The molecule has 16 heavy (non-hydrogen) atoms. The van der Waals surface area contributed by atoms with Crippen LogP contribution in [0.2, 0.25) is 0 Å². The number of hydrogen-bond acceptors (Lipinski definition) is 2. The van der Waals surface area contributed by atoms with Crippen molar-refractivity contribution in [3.63, 3.8) is 0 Å². The summed E-state index contributed by atoms with van der Waals surface area (Å²) >= 11 is 0. The van der Waals surface area contributed by atoms with E-state index in [-0.39, 0.29) is 17.4 Å². The number of hydrogen-bond donors (Lipinski definition) is 2. The number of benzene rings is 1. The molecule has 2 N–H and O–H groups in total. The molecule has 2 rings (SSSR count). The summed E-state index contributed by atoms with van der Waals surface area (Å²) in [7, 11) is 1.55. The van der Waals surface area contributed by atoms with Gasteiger partial charge in [0.25, 0.3) is 5.91 Å². The highest BCUT2D eigenvalue weighted by Gasteiger charge is 2.31. The molecule has 0 atom stereocenters. The van der Waals surface area contributed by atoms with Crippen molar-refractivity contribution >= 4 is 11.9 Å². The van der Waals surface area contributed by atoms with Crippen molar-refractivity contribution in [2.24, 2.45) is 0 Å². The van der Waals surface area contributed by atoms with Gasteiger partial charge in [-0.05, 0) is 36.5 Å². The van der Waals surface area contributed by atoms with E-state index in [9.17, 15) is 9.59 Å². The molecule has 0 aromatic heterocycles. The Kier molecular flexibility index (Phi) is 2.64. The molecule has 0 spiro atoms. The summed E-state index contributed by atoms with van der Waals surface area (Å²) in [6.07, 6.45) is 1.93. The molecule has 84 valence electrons. The van der Waals surface area contributed by atoms with Crippen LogP contribution in [0.4, 0.5) is 0 Å². The Labute approximate surface area is 93.3 Å². The van der Waals surface area contributed by atoms with E-state index in [2.05, 4.69) is 5.32 Å². The Balaban J connectivity index is 2.55. The topological polar surface area (TPSA) is 66.4 Å². The lowest BCUT2D eigenvalue weighted by atomic mass is 9.96. The maximum atomic E-state index is 11.6. The Morgan fingerprint density at radius 2 is 1.94 bits per heavy atom. The largest absolute Gasteiger partial charge is 0.478 e. The lowest BCUT2D eigenvalue weighted by molar-refractivity contribution is 0.0695. The van der Waals surface area contributed by atoms with Gasteiger partial charge in [-0.1, -0.05) is 6.07 Å². The second kappa shape index (κ2) is 3.96. The van der Waals surface area contributed by atoms with Gasteiger partial charge in [0.1, 0.15) is 0 Å². The highest BCUT2D eigenvalue weighted by molar-refractivity contribution is 6.00. The minimum atomic E-state index is -0.965. The zero-order valence-corrected chi connectivity index (χ0v) is 8.99. The van der Waals surface area contributed by atoms with Gasteiger partial charge in [0.2, 0.25) is 0 Å². The number of carboxylic acid groups (broad SMARTS) is 1. The zero-order chi connectivity index (χ0) is 11.7. The van der Waals surface area contributed by atoms with Crippen molar-refractivity contribution in [3.8, 4) is 0 Å². The fourth-order valence-electron chi connectivity index (χ4n) is 1.90. The average Bonchev–Trinajstić information content (AvgIpc) is 3.10. The van der Waals surface area contributed by atoms with Crippen LogP contribution in [0.15, 0.2) is 18.2 Å². The molecule has 4 heteroatoms. The van der Waals surface area contributed by atoms with E-state index in [1.54, 1.807) is 25.2 Å². The third-order valence-electron chi connectivity index (χ3n) is 2.79. The van der Waals surface area contributed by atoms with Gasteiger partial charge >= 0.3 is 5.97 Å². The molecule has 4 nitrogen and oxygen atoms in total. The minimum Gasteiger partial charge on any atom is -0.478 e. The van der Waals surface area contributed by atoms with E-state index in [4.69, 9.17) is 5.11 Å². The standard InChI is InChI=1S/C12H13NO3/c1-13-11(14)8-3-2-4-9(12(15)16)10(8)7-5-6-7/h2-4,7H,5-6H2,1H3,(H,13,14)(H,15,16). The molecular formula is C12H13NO3. The first-order valence-corrected chi connectivity index (χ1v) is 5.23. The number of carbonyl (C=O) groups is 2. The molecule has 0 saturated heterocycles. The molecule has 0 radical (unpaired) electrons. The van der Waals surface area contributed by atoms with Crippen LogP contribution in [0.5, 0.6) is 0 Å². The van der Waals surface area contributed by atoms with Crippen LogP contribution in [-0.2, 0) is 0 Å². The highest BCUT2D eigenvalue weighted by atomic mass is 16.4. The van der Waals surface area contributed by atoms with Crippen molar-refractivity contribution in [2.75, 3.05) is 7.05 Å². The molecule has 1 fully saturated rings. The number of amides is 1. The molecule has 1 amide bonds. The fourth-order valence-corrected chi connectivity index (χ4v) is 1.90. The van der Waals surface area contributed by atoms with E-state index in [0.717, 1.165) is 12.8 Å². The van der Waals surface area contributed by atoms with Gasteiger partial charge in [-0.3, -0.25) is 4.79 Å². The molecule has 0 bridgehead atoms. The minimum absolute atomic E-state index is 0.218. The van der Waals surface area contributed by atoms with Crippen LogP contribution in [0.1, 0.15) is 45.0 Å². The number of carbonyl (C=O) groups excluding carboxylic acids is 1. The Morgan fingerprint density at radius 1 is 1.31 bits per heavy atom. The first-order chi connectivity index (χ1) is 7.65. The van der Waals surface area contributed by atoms with Gasteiger partial charge in [0, 0.05) is 12.6 Å². The summed E-state index contributed by atoms with van der Waals surface area (Å²) in [6.45, 7) is 0. The lowest BCUT2D eigenvalue weighted by Gasteiger charge is -2.10. The SMILES string of the molecule is CNC(=O)c1cccc(C(=O)O)c1C1CC1. The van der Waals surface area contributed by atoms with E-state index in [1.807, 2.05) is 0 Å². The van der Waals surface area contributed by atoms with E-state index in [1.165, 1.54) is 0 Å². The van der Waals surface area contributed by atoms with Crippen molar-refractivity contribution in [1.82, 2.24) is 5.32 Å². The molecule has 0 heterocycles. The molecular weight excluding hydrogens is 206 g/mol. The van der Waals surface area contributed by atoms with Gasteiger partial charge in [0.05, 0.1) is 5.56 Å². The smallest absolute Gasteiger partial charge is 0.335 e. The number of aromatic carboxylic acids is 1. The third-order valence-corrected chi connectivity index (χ3v) is 2.79. The summed E-state index contributed by atoms with van der Waals surface area (Å²) in [5, 5.41) is 11.6. The normalized spacial score (nSPS) is 14.6. The molecule has 1 aliphatic carbocycles. The summed E-state index contributed by atoms with van der Waals surface area (Å²) in [5.74, 6) is -0.947. The van der Waals surface area contributed by atoms with Gasteiger partial charge in [-0.2, -0.15) is 0 Å². The number of nitrogens with one attached hydrogen (secondary N) is 1. The third kappa shape index (κ3) is 1.78. The van der Waals surface area contributed by atoms with Crippen LogP contribution < -0.4 is 5.32 Å². The number of rotatable bonds is 3. The first kappa shape index (κ1) is 10.7. The van der Waals surface area contributed by atoms with Crippen molar-refractivity contribution in [1.29, 1.82) is 0 Å². The van der Waals surface area contributed by atoms with E-state index in [0.29, 0.717) is 11.1 Å². The lowest BCUT2D eigenvalue weighted by Crippen LogP contribution is -2.20. The van der Waals surface area contributed by atoms with Crippen LogP contribution >= 0.6 is 0 Å². The van der Waals surface area contributed by atoms with Gasteiger partial charge in [0.15, 0.2) is 0 Å². The van der Waals surface area contributed by atoms with Crippen molar-refractivity contribution < 1.29 is 14.7 Å². The second-order valence-electron chi connectivity index (χ2n) is 3.93. The highest BCUT2D eigenvalue weighted by Crippen LogP contribution is 2.43.